The van der Waals surface area contributed by atoms with Crippen molar-refractivity contribution in [2.24, 2.45) is 0 Å². The fourth-order valence-electron chi connectivity index (χ4n) is 4.38. The Morgan fingerprint density at radius 3 is 2.69 bits per heavy atom. The molecule has 4 rings (SSSR count). The summed E-state index contributed by atoms with van der Waals surface area (Å²) in [6, 6.07) is 16.6. The zero-order valence-corrected chi connectivity index (χ0v) is 15.8. The van der Waals surface area contributed by atoms with Crippen molar-refractivity contribution < 1.29 is 14.2 Å². The average Bonchev–Trinajstić information content (AvgIpc) is 2.61. The Morgan fingerprint density at radius 1 is 1.08 bits per heavy atom. The Hall–Kier alpha value is -2.04. The molecule has 1 unspecified atom stereocenters. The van der Waals surface area contributed by atoms with E-state index >= 15 is 0 Å². The van der Waals surface area contributed by atoms with Gasteiger partial charge >= 0.3 is 0 Å². The maximum atomic E-state index is 6.44. The minimum absolute atomic E-state index is 0.248. The van der Waals surface area contributed by atoms with Crippen LogP contribution in [0.1, 0.15) is 31.4 Å². The van der Waals surface area contributed by atoms with Crippen LogP contribution in [-0.2, 0) is 16.9 Å². The van der Waals surface area contributed by atoms with E-state index in [9.17, 15) is 0 Å². The fourth-order valence-corrected chi connectivity index (χ4v) is 4.38. The minimum Gasteiger partial charge on any atom is -0.496 e. The van der Waals surface area contributed by atoms with Gasteiger partial charge in [-0.25, -0.2) is 0 Å². The van der Waals surface area contributed by atoms with Crippen LogP contribution in [-0.4, -0.2) is 37.3 Å². The minimum atomic E-state index is -0.321. The summed E-state index contributed by atoms with van der Waals surface area (Å²) in [7, 11) is 1.73. The second-order valence-electron chi connectivity index (χ2n) is 7.90. The number of fused-ring (bicyclic) bond motifs is 2. The molecule has 26 heavy (non-hydrogen) atoms. The van der Waals surface area contributed by atoms with Gasteiger partial charge in [0.2, 0.25) is 0 Å². The van der Waals surface area contributed by atoms with E-state index in [2.05, 4.69) is 49.1 Å². The van der Waals surface area contributed by atoms with E-state index in [0.29, 0.717) is 0 Å². The van der Waals surface area contributed by atoms with Crippen LogP contribution < -0.4 is 9.47 Å². The third-order valence-corrected chi connectivity index (χ3v) is 5.33. The van der Waals surface area contributed by atoms with Gasteiger partial charge in [0.25, 0.3) is 0 Å². The molecule has 1 saturated heterocycles. The molecular formula is C22H27NO3. The molecule has 1 spiro atoms. The molecular weight excluding hydrogens is 326 g/mol. The van der Waals surface area contributed by atoms with E-state index in [1.807, 2.05) is 18.2 Å². The lowest BCUT2D eigenvalue weighted by molar-refractivity contribution is -0.157. The van der Waals surface area contributed by atoms with Crippen molar-refractivity contribution in [1.29, 1.82) is 0 Å². The van der Waals surface area contributed by atoms with Crippen LogP contribution in [0, 0.1) is 0 Å². The number of methoxy groups -OCH3 is 1. The van der Waals surface area contributed by atoms with Gasteiger partial charge in [-0.3, -0.25) is 4.90 Å². The van der Waals surface area contributed by atoms with E-state index in [0.717, 1.165) is 44.2 Å². The first kappa shape index (κ1) is 17.4. The predicted molar refractivity (Wildman–Crippen MR) is 102 cm³/mol. The molecule has 0 saturated carbocycles. The SMILES string of the molecule is COc1ccccc1CN1CCOC2(C1)CC(C)(C)Oc1ccccc12. The average molecular weight is 353 g/mol. The fraction of sp³-hybridized carbons (Fsp3) is 0.455. The molecule has 1 atom stereocenters. The van der Waals surface area contributed by atoms with Gasteiger partial charge in [0.05, 0.1) is 13.7 Å². The molecule has 2 aromatic rings. The van der Waals surface area contributed by atoms with Crippen LogP contribution in [0.15, 0.2) is 48.5 Å². The highest BCUT2D eigenvalue weighted by molar-refractivity contribution is 5.42. The summed E-state index contributed by atoms with van der Waals surface area (Å²) in [6.45, 7) is 7.65. The maximum Gasteiger partial charge on any atom is 0.126 e. The van der Waals surface area contributed by atoms with Gasteiger partial charge in [-0.1, -0.05) is 36.4 Å². The third-order valence-electron chi connectivity index (χ3n) is 5.33. The summed E-state index contributed by atoms with van der Waals surface area (Å²) < 4.78 is 18.2. The largest absolute Gasteiger partial charge is 0.496 e. The van der Waals surface area contributed by atoms with Crippen molar-refractivity contribution in [2.75, 3.05) is 26.8 Å². The molecule has 0 aliphatic carbocycles. The summed E-state index contributed by atoms with van der Waals surface area (Å²) in [4.78, 5) is 2.47. The Labute approximate surface area is 155 Å². The number of para-hydroxylation sites is 2. The van der Waals surface area contributed by atoms with Gasteiger partial charge in [-0.2, -0.15) is 0 Å². The van der Waals surface area contributed by atoms with Crippen molar-refractivity contribution >= 4 is 0 Å². The van der Waals surface area contributed by atoms with Gasteiger partial charge < -0.3 is 14.2 Å². The second-order valence-corrected chi connectivity index (χ2v) is 7.90. The van der Waals surface area contributed by atoms with Gasteiger partial charge in [0.1, 0.15) is 22.7 Å². The number of hydrogen-bond acceptors (Lipinski definition) is 4. The second kappa shape index (κ2) is 6.60. The Bertz CT molecular complexity index is 788. The summed E-state index contributed by atoms with van der Waals surface area (Å²) in [5.74, 6) is 1.89. The van der Waals surface area contributed by atoms with Crippen LogP contribution >= 0.6 is 0 Å². The molecule has 2 heterocycles. The van der Waals surface area contributed by atoms with Crippen molar-refractivity contribution in [1.82, 2.24) is 4.90 Å². The molecule has 4 heteroatoms. The van der Waals surface area contributed by atoms with E-state index in [-0.39, 0.29) is 11.2 Å². The predicted octanol–water partition coefficient (Wildman–Crippen LogP) is 3.98. The number of benzene rings is 2. The monoisotopic (exact) mass is 353 g/mol. The molecule has 0 radical (unpaired) electrons. The Balaban J connectivity index is 1.64. The Morgan fingerprint density at radius 2 is 1.85 bits per heavy atom. The lowest BCUT2D eigenvalue weighted by atomic mass is 9.79. The topological polar surface area (TPSA) is 30.9 Å². The van der Waals surface area contributed by atoms with Crippen LogP contribution in [0.3, 0.4) is 0 Å². The van der Waals surface area contributed by atoms with Crippen LogP contribution in [0.25, 0.3) is 0 Å². The zero-order valence-electron chi connectivity index (χ0n) is 15.8. The van der Waals surface area contributed by atoms with E-state index in [1.165, 1.54) is 11.1 Å². The molecule has 0 N–H and O–H groups in total. The van der Waals surface area contributed by atoms with E-state index in [4.69, 9.17) is 14.2 Å². The van der Waals surface area contributed by atoms with E-state index < -0.39 is 0 Å². The highest BCUT2D eigenvalue weighted by atomic mass is 16.5. The molecule has 2 aliphatic heterocycles. The number of morpholine rings is 1. The molecule has 2 aliphatic rings. The van der Waals surface area contributed by atoms with Crippen LogP contribution in [0.5, 0.6) is 11.5 Å². The first-order chi connectivity index (χ1) is 12.5. The van der Waals surface area contributed by atoms with Crippen molar-refractivity contribution in [3.63, 3.8) is 0 Å². The lowest BCUT2D eigenvalue weighted by Gasteiger charge is -2.50. The molecule has 0 amide bonds. The van der Waals surface area contributed by atoms with E-state index in [1.54, 1.807) is 7.11 Å². The Kier molecular flexibility index (Phi) is 4.41. The van der Waals surface area contributed by atoms with Crippen LogP contribution in [0.4, 0.5) is 0 Å². The van der Waals surface area contributed by atoms with Crippen LogP contribution in [0.2, 0.25) is 0 Å². The first-order valence-electron chi connectivity index (χ1n) is 9.28. The standard InChI is InChI=1S/C22H27NO3/c1-21(2)15-22(18-9-5-7-11-20(18)26-21)16-23(12-13-25-22)14-17-8-4-6-10-19(17)24-3/h4-11H,12-16H2,1-3H3. The summed E-state index contributed by atoms with van der Waals surface area (Å²) >= 11 is 0. The van der Waals surface area contributed by atoms with Gasteiger partial charge in [0, 0.05) is 37.2 Å². The summed E-state index contributed by atoms with van der Waals surface area (Å²) in [6.07, 6.45) is 0.847. The molecule has 0 aromatic heterocycles. The van der Waals surface area contributed by atoms with Gasteiger partial charge in [-0.15, -0.1) is 0 Å². The number of rotatable bonds is 3. The van der Waals surface area contributed by atoms with Crippen molar-refractivity contribution in [2.45, 2.75) is 38.0 Å². The quantitative estimate of drug-likeness (QED) is 0.835. The zero-order chi connectivity index (χ0) is 18.2. The first-order valence-corrected chi connectivity index (χ1v) is 9.28. The summed E-state index contributed by atoms with van der Waals surface area (Å²) in [5, 5.41) is 0. The smallest absolute Gasteiger partial charge is 0.126 e. The number of nitrogens with zero attached hydrogens (tertiary/aromatic N) is 1. The van der Waals surface area contributed by atoms with Gasteiger partial charge in [0.15, 0.2) is 0 Å². The maximum absolute atomic E-state index is 6.44. The molecule has 138 valence electrons. The molecule has 4 nitrogen and oxygen atoms in total. The summed E-state index contributed by atoms with van der Waals surface area (Å²) in [5.41, 5.74) is 1.82. The number of hydrogen-bond donors (Lipinski definition) is 0. The third kappa shape index (κ3) is 3.19. The normalized spacial score (nSPS) is 24.7. The number of ether oxygens (including phenoxy) is 3. The van der Waals surface area contributed by atoms with Crippen molar-refractivity contribution in [3.8, 4) is 11.5 Å². The van der Waals surface area contributed by atoms with Crippen molar-refractivity contribution in [3.05, 3.63) is 59.7 Å². The highest BCUT2D eigenvalue weighted by Gasteiger charge is 2.48. The van der Waals surface area contributed by atoms with Gasteiger partial charge in [-0.05, 0) is 26.0 Å². The molecule has 2 aromatic carbocycles. The molecule has 1 fully saturated rings. The highest BCUT2D eigenvalue weighted by Crippen LogP contribution is 2.47. The lowest BCUT2D eigenvalue weighted by Crippen LogP contribution is -2.55. The molecule has 0 bridgehead atoms.